The molecule has 6 heteroatoms. The van der Waals surface area contributed by atoms with Gasteiger partial charge in [0.2, 0.25) is 0 Å². The van der Waals surface area contributed by atoms with E-state index in [1.807, 2.05) is 0 Å². The molecule has 0 aliphatic carbocycles. The molecule has 1 unspecified atom stereocenters. The molecule has 0 aliphatic heterocycles. The van der Waals surface area contributed by atoms with Crippen LogP contribution >= 0.6 is 11.3 Å². The second-order valence-electron chi connectivity index (χ2n) is 2.87. The summed E-state index contributed by atoms with van der Waals surface area (Å²) in [5, 5.41) is 27.0. The van der Waals surface area contributed by atoms with Crippen molar-refractivity contribution in [3.8, 4) is 0 Å². The highest BCUT2D eigenvalue weighted by atomic mass is 32.1. The van der Waals surface area contributed by atoms with Crippen molar-refractivity contribution in [1.29, 1.82) is 0 Å². The first-order chi connectivity index (χ1) is 6.54. The Bertz CT molecular complexity index is 336. The number of hydrogen-bond donors (Lipinski definition) is 3. The first kappa shape index (κ1) is 11.1. The molecule has 0 aromatic carbocycles. The zero-order valence-electron chi connectivity index (χ0n) is 7.60. The minimum atomic E-state index is -1.01. The van der Waals surface area contributed by atoms with E-state index in [1.54, 1.807) is 6.92 Å². The van der Waals surface area contributed by atoms with E-state index in [9.17, 15) is 4.79 Å². The molecule has 0 spiro atoms. The van der Waals surface area contributed by atoms with Crippen molar-refractivity contribution in [3.63, 3.8) is 0 Å². The fourth-order valence-electron chi connectivity index (χ4n) is 1.00. The summed E-state index contributed by atoms with van der Waals surface area (Å²) < 4.78 is 0. The molecule has 1 aromatic heterocycles. The Morgan fingerprint density at radius 2 is 2.29 bits per heavy atom. The summed E-state index contributed by atoms with van der Waals surface area (Å²) in [7, 11) is 0. The Kier molecular flexibility index (Phi) is 3.56. The zero-order chi connectivity index (χ0) is 10.7. The first-order valence-corrected chi connectivity index (χ1v) is 4.84. The van der Waals surface area contributed by atoms with Crippen LogP contribution in [0.4, 0.5) is 0 Å². The summed E-state index contributed by atoms with van der Waals surface area (Å²) in [6.07, 6.45) is -0.683. The molecule has 0 amide bonds. The van der Waals surface area contributed by atoms with Crippen molar-refractivity contribution >= 4 is 17.3 Å². The van der Waals surface area contributed by atoms with E-state index in [-0.39, 0.29) is 17.9 Å². The van der Waals surface area contributed by atoms with Gasteiger partial charge in [0.1, 0.15) is 4.88 Å². The van der Waals surface area contributed by atoms with E-state index in [2.05, 4.69) is 4.98 Å². The molecule has 14 heavy (non-hydrogen) atoms. The van der Waals surface area contributed by atoms with E-state index >= 15 is 0 Å². The lowest BCUT2D eigenvalue weighted by Crippen LogP contribution is -2.14. The van der Waals surface area contributed by atoms with Crippen LogP contribution < -0.4 is 0 Å². The van der Waals surface area contributed by atoms with Gasteiger partial charge in [-0.25, -0.2) is 9.78 Å². The summed E-state index contributed by atoms with van der Waals surface area (Å²) >= 11 is 1.03. The Labute approximate surface area is 84.7 Å². The Hall–Kier alpha value is -0.980. The average molecular weight is 217 g/mol. The van der Waals surface area contributed by atoms with Crippen LogP contribution in [0, 0.1) is 6.92 Å². The van der Waals surface area contributed by atoms with Crippen LogP contribution in [0.5, 0.6) is 0 Å². The lowest BCUT2D eigenvalue weighted by atomic mass is 10.3. The highest BCUT2D eigenvalue weighted by Gasteiger charge is 2.15. The van der Waals surface area contributed by atoms with Gasteiger partial charge in [0.15, 0.2) is 0 Å². The van der Waals surface area contributed by atoms with E-state index in [0.29, 0.717) is 10.7 Å². The summed E-state index contributed by atoms with van der Waals surface area (Å²) in [4.78, 5) is 14.8. The molecule has 1 rings (SSSR count). The molecule has 1 heterocycles. The van der Waals surface area contributed by atoms with Crippen LogP contribution in [0.3, 0.4) is 0 Å². The maximum absolute atomic E-state index is 10.6. The smallest absolute Gasteiger partial charge is 0.347 e. The Morgan fingerprint density at radius 1 is 1.64 bits per heavy atom. The van der Waals surface area contributed by atoms with E-state index < -0.39 is 12.1 Å². The Balaban J connectivity index is 2.81. The molecular formula is C8H11NO4S. The van der Waals surface area contributed by atoms with Crippen molar-refractivity contribution in [1.82, 2.24) is 4.98 Å². The zero-order valence-corrected chi connectivity index (χ0v) is 8.41. The first-order valence-electron chi connectivity index (χ1n) is 4.03. The third-order valence-corrected chi connectivity index (χ3v) is 2.82. The topological polar surface area (TPSA) is 90.7 Å². The van der Waals surface area contributed by atoms with Crippen LogP contribution in [0.2, 0.25) is 0 Å². The number of hydrogen-bond acceptors (Lipinski definition) is 5. The molecule has 3 N–H and O–H groups in total. The monoisotopic (exact) mass is 217 g/mol. The summed E-state index contributed by atoms with van der Waals surface area (Å²) in [5.74, 6) is -1.01. The van der Waals surface area contributed by atoms with E-state index in [1.165, 1.54) is 0 Å². The van der Waals surface area contributed by atoms with E-state index in [0.717, 1.165) is 11.3 Å². The lowest BCUT2D eigenvalue weighted by Gasteiger charge is -2.01. The van der Waals surface area contributed by atoms with Gasteiger partial charge in [0.25, 0.3) is 0 Å². The van der Waals surface area contributed by atoms with Gasteiger partial charge in [-0.1, -0.05) is 0 Å². The van der Waals surface area contributed by atoms with Crippen molar-refractivity contribution < 1.29 is 20.1 Å². The molecule has 0 aliphatic rings. The Morgan fingerprint density at radius 3 is 2.71 bits per heavy atom. The van der Waals surface area contributed by atoms with Crippen LogP contribution in [0.1, 0.15) is 20.4 Å². The number of aliphatic hydroxyl groups excluding tert-OH is 2. The third kappa shape index (κ3) is 2.50. The van der Waals surface area contributed by atoms with Gasteiger partial charge in [0.05, 0.1) is 23.4 Å². The number of aromatic nitrogens is 1. The lowest BCUT2D eigenvalue weighted by molar-refractivity contribution is 0.0701. The maximum Gasteiger partial charge on any atom is 0.347 e. The molecule has 1 atom stereocenters. The molecule has 0 saturated carbocycles. The molecule has 78 valence electrons. The predicted molar refractivity (Wildman–Crippen MR) is 50.6 cm³/mol. The molecule has 5 nitrogen and oxygen atoms in total. The SMILES string of the molecule is Cc1nc(CC(O)CO)sc1C(=O)O. The number of nitrogens with zero attached hydrogens (tertiary/aromatic N) is 1. The number of aromatic carboxylic acids is 1. The van der Waals surface area contributed by atoms with Crippen LogP contribution in [0.15, 0.2) is 0 Å². The molecule has 0 fully saturated rings. The number of aliphatic hydroxyl groups is 2. The largest absolute Gasteiger partial charge is 0.477 e. The van der Waals surface area contributed by atoms with Gasteiger partial charge in [-0.3, -0.25) is 0 Å². The molecular weight excluding hydrogens is 206 g/mol. The predicted octanol–water partition coefficient (Wildman–Crippen LogP) is 0.0454. The standard InChI is InChI=1S/C8H11NO4S/c1-4-7(8(12)13)14-6(9-4)2-5(11)3-10/h5,10-11H,2-3H2,1H3,(H,12,13). The van der Waals surface area contributed by atoms with Gasteiger partial charge in [0, 0.05) is 6.42 Å². The average Bonchev–Trinajstić information content (AvgIpc) is 2.46. The van der Waals surface area contributed by atoms with E-state index in [4.69, 9.17) is 15.3 Å². The molecule has 1 aromatic rings. The fraction of sp³-hybridized carbons (Fsp3) is 0.500. The highest BCUT2D eigenvalue weighted by molar-refractivity contribution is 7.13. The van der Waals surface area contributed by atoms with Gasteiger partial charge in [-0.15, -0.1) is 11.3 Å². The summed E-state index contributed by atoms with van der Waals surface area (Å²) in [6, 6.07) is 0. The van der Waals surface area contributed by atoms with Gasteiger partial charge < -0.3 is 15.3 Å². The number of rotatable bonds is 4. The van der Waals surface area contributed by atoms with Gasteiger partial charge >= 0.3 is 5.97 Å². The molecule has 0 saturated heterocycles. The van der Waals surface area contributed by atoms with Crippen molar-refractivity contribution in [3.05, 3.63) is 15.6 Å². The molecule has 0 radical (unpaired) electrons. The summed E-state index contributed by atoms with van der Waals surface area (Å²) in [5.41, 5.74) is 0.447. The summed E-state index contributed by atoms with van der Waals surface area (Å²) in [6.45, 7) is 1.26. The number of carboxylic acids is 1. The number of carbonyl (C=O) groups is 1. The highest BCUT2D eigenvalue weighted by Crippen LogP contribution is 2.19. The number of carboxylic acid groups (broad SMARTS) is 1. The quantitative estimate of drug-likeness (QED) is 0.662. The van der Waals surface area contributed by atoms with Gasteiger partial charge in [-0.05, 0) is 6.92 Å². The second kappa shape index (κ2) is 4.50. The second-order valence-corrected chi connectivity index (χ2v) is 3.95. The number of thiazole rings is 1. The fourth-order valence-corrected chi connectivity index (χ4v) is 1.98. The van der Waals surface area contributed by atoms with Crippen LogP contribution in [-0.4, -0.2) is 39.0 Å². The van der Waals surface area contributed by atoms with Gasteiger partial charge in [-0.2, -0.15) is 0 Å². The van der Waals surface area contributed by atoms with Crippen molar-refractivity contribution in [2.75, 3.05) is 6.61 Å². The normalized spacial score (nSPS) is 12.8. The molecule has 0 bridgehead atoms. The van der Waals surface area contributed by atoms with Crippen LogP contribution in [-0.2, 0) is 6.42 Å². The minimum Gasteiger partial charge on any atom is -0.477 e. The van der Waals surface area contributed by atoms with Crippen molar-refractivity contribution in [2.24, 2.45) is 0 Å². The maximum atomic E-state index is 10.6. The minimum absolute atomic E-state index is 0.185. The number of aryl methyl sites for hydroxylation is 1. The third-order valence-electron chi connectivity index (χ3n) is 1.66. The van der Waals surface area contributed by atoms with Crippen LogP contribution in [0.25, 0.3) is 0 Å². The van der Waals surface area contributed by atoms with Crippen molar-refractivity contribution in [2.45, 2.75) is 19.4 Å².